The molecule has 1 nitrogen and oxygen atoms in total. The number of hydrogen-bond donors (Lipinski definition) is 1. The first kappa shape index (κ1) is 6.96. The highest BCUT2D eigenvalue weighted by Gasteiger charge is 2.16. The maximum Gasteiger partial charge on any atom is 0.0617 e. The molecule has 0 saturated heterocycles. The van der Waals surface area contributed by atoms with Crippen molar-refractivity contribution in [3.05, 3.63) is 6.92 Å². The van der Waals surface area contributed by atoms with Crippen LogP contribution in [-0.4, -0.2) is 10.7 Å². The Kier molecular flexibility index (Phi) is 1.82. The van der Waals surface area contributed by atoms with Crippen LogP contribution < -0.4 is 0 Å². The van der Waals surface area contributed by atoms with Crippen LogP contribution in [0.2, 0.25) is 0 Å². The molecule has 1 atom stereocenters. The fourth-order valence-corrected chi connectivity index (χ4v) is 0. The predicted octanol–water partition coefficient (Wildman–Crippen LogP) is 1.23. The highest BCUT2D eigenvalue weighted by atomic mass is 16.3. The zero-order chi connectivity index (χ0) is 6.08. The second-order valence-electron chi connectivity index (χ2n) is 2.55. The normalized spacial score (nSPS) is 12.9. The van der Waals surface area contributed by atoms with Gasteiger partial charge < -0.3 is 5.11 Å². The first-order valence-corrected chi connectivity index (χ1v) is 2.50. The molecule has 0 aromatic heterocycles. The molecule has 0 aromatic carbocycles. The maximum absolute atomic E-state index is 9.03. The summed E-state index contributed by atoms with van der Waals surface area (Å²) in [6.45, 7) is 9.06. The van der Waals surface area contributed by atoms with Crippen LogP contribution in [0.25, 0.3) is 0 Å². The third-order valence-electron chi connectivity index (χ3n) is 1.21. The molecule has 1 heteroatoms. The molecule has 0 aromatic rings. The van der Waals surface area contributed by atoms with Gasteiger partial charge in [0.05, 0.1) is 5.60 Å². The molecule has 0 aliphatic heterocycles. The minimum Gasteiger partial charge on any atom is -0.390 e. The summed E-state index contributed by atoms with van der Waals surface area (Å²) < 4.78 is 0. The van der Waals surface area contributed by atoms with Crippen LogP contribution in [0.15, 0.2) is 0 Å². The SMILES string of the molecule is [CH2]C(C)C(C)(C)O. The van der Waals surface area contributed by atoms with Crippen molar-refractivity contribution in [2.24, 2.45) is 5.92 Å². The molecule has 0 spiro atoms. The molecule has 1 unspecified atom stereocenters. The Hall–Kier alpha value is -0.0400. The molecule has 1 radical (unpaired) electrons. The van der Waals surface area contributed by atoms with Crippen LogP contribution in [0.3, 0.4) is 0 Å². The van der Waals surface area contributed by atoms with Gasteiger partial charge in [0.15, 0.2) is 0 Å². The van der Waals surface area contributed by atoms with Crippen LogP contribution in [-0.2, 0) is 0 Å². The maximum atomic E-state index is 9.03. The fraction of sp³-hybridized carbons (Fsp3) is 0.833. The Morgan fingerprint density at radius 1 is 1.57 bits per heavy atom. The highest BCUT2D eigenvalue weighted by molar-refractivity contribution is 4.73. The van der Waals surface area contributed by atoms with Crippen molar-refractivity contribution in [3.63, 3.8) is 0 Å². The van der Waals surface area contributed by atoms with Gasteiger partial charge in [-0.05, 0) is 26.7 Å². The van der Waals surface area contributed by atoms with E-state index in [-0.39, 0.29) is 5.92 Å². The molecule has 0 saturated carbocycles. The lowest BCUT2D eigenvalue weighted by Gasteiger charge is -2.20. The number of hydrogen-bond acceptors (Lipinski definition) is 1. The molecule has 0 fully saturated rings. The van der Waals surface area contributed by atoms with Crippen molar-refractivity contribution in [2.75, 3.05) is 0 Å². The lowest BCUT2D eigenvalue weighted by atomic mass is 9.95. The smallest absolute Gasteiger partial charge is 0.0617 e. The molecular formula is C6H13O. The summed E-state index contributed by atoms with van der Waals surface area (Å²) >= 11 is 0. The summed E-state index contributed by atoms with van der Waals surface area (Å²) in [5.41, 5.74) is -0.611. The summed E-state index contributed by atoms with van der Waals surface area (Å²) in [4.78, 5) is 0. The summed E-state index contributed by atoms with van der Waals surface area (Å²) in [6, 6.07) is 0. The van der Waals surface area contributed by atoms with Crippen molar-refractivity contribution in [3.8, 4) is 0 Å². The van der Waals surface area contributed by atoms with Crippen molar-refractivity contribution in [2.45, 2.75) is 26.4 Å². The molecule has 1 N–H and O–H groups in total. The van der Waals surface area contributed by atoms with E-state index in [1.54, 1.807) is 13.8 Å². The lowest BCUT2D eigenvalue weighted by Crippen LogP contribution is -2.25. The van der Waals surface area contributed by atoms with Gasteiger partial charge in [0, 0.05) is 0 Å². The van der Waals surface area contributed by atoms with Gasteiger partial charge in [0.2, 0.25) is 0 Å². The summed E-state index contributed by atoms with van der Waals surface area (Å²) in [7, 11) is 0. The Labute approximate surface area is 45.4 Å². The van der Waals surface area contributed by atoms with Gasteiger partial charge >= 0.3 is 0 Å². The number of aliphatic hydroxyl groups is 1. The Morgan fingerprint density at radius 2 is 1.71 bits per heavy atom. The van der Waals surface area contributed by atoms with Gasteiger partial charge in [-0.1, -0.05) is 6.92 Å². The summed E-state index contributed by atoms with van der Waals surface area (Å²) in [6.07, 6.45) is 0. The zero-order valence-corrected chi connectivity index (χ0v) is 5.23. The van der Waals surface area contributed by atoms with E-state index < -0.39 is 5.60 Å². The van der Waals surface area contributed by atoms with E-state index in [9.17, 15) is 0 Å². The van der Waals surface area contributed by atoms with Crippen molar-refractivity contribution >= 4 is 0 Å². The largest absolute Gasteiger partial charge is 0.390 e. The third kappa shape index (κ3) is 2.63. The molecule has 7 heavy (non-hydrogen) atoms. The molecule has 0 bridgehead atoms. The minimum atomic E-state index is -0.611. The van der Waals surface area contributed by atoms with Crippen LogP contribution in [0.5, 0.6) is 0 Å². The van der Waals surface area contributed by atoms with Gasteiger partial charge in [-0.3, -0.25) is 0 Å². The van der Waals surface area contributed by atoms with E-state index in [0.29, 0.717) is 0 Å². The molecule has 43 valence electrons. The Morgan fingerprint density at radius 3 is 1.71 bits per heavy atom. The minimum absolute atomic E-state index is 0.104. The molecular weight excluding hydrogens is 88.1 g/mol. The van der Waals surface area contributed by atoms with Gasteiger partial charge in [-0.15, -0.1) is 0 Å². The van der Waals surface area contributed by atoms with E-state index in [1.165, 1.54) is 0 Å². The summed E-state index contributed by atoms with van der Waals surface area (Å²) in [5.74, 6) is 0.104. The van der Waals surface area contributed by atoms with Gasteiger partial charge in [-0.25, -0.2) is 0 Å². The van der Waals surface area contributed by atoms with Crippen LogP contribution >= 0.6 is 0 Å². The third-order valence-corrected chi connectivity index (χ3v) is 1.21. The molecule has 0 heterocycles. The monoisotopic (exact) mass is 101 g/mol. The zero-order valence-electron chi connectivity index (χ0n) is 5.23. The summed E-state index contributed by atoms with van der Waals surface area (Å²) in [5, 5.41) is 9.03. The van der Waals surface area contributed by atoms with E-state index >= 15 is 0 Å². The highest BCUT2D eigenvalue weighted by Crippen LogP contribution is 2.12. The van der Waals surface area contributed by atoms with Crippen LogP contribution in [0.4, 0.5) is 0 Å². The van der Waals surface area contributed by atoms with E-state index in [4.69, 9.17) is 5.11 Å². The Balaban J connectivity index is 3.54. The second kappa shape index (κ2) is 1.83. The second-order valence-corrected chi connectivity index (χ2v) is 2.55. The van der Waals surface area contributed by atoms with Crippen molar-refractivity contribution in [1.82, 2.24) is 0 Å². The van der Waals surface area contributed by atoms with E-state index in [0.717, 1.165) is 0 Å². The predicted molar refractivity (Wildman–Crippen MR) is 30.8 cm³/mol. The quantitative estimate of drug-likeness (QED) is 0.526. The van der Waals surface area contributed by atoms with E-state index in [2.05, 4.69) is 6.92 Å². The molecule has 0 rings (SSSR count). The average molecular weight is 101 g/mol. The van der Waals surface area contributed by atoms with Gasteiger partial charge in [0.25, 0.3) is 0 Å². The first-order chi connectivity index (χ1) is 2.94. The fourth-order valence-electron chi connectivity index (χ4n) is 0. The molecule has 0 aliphatic rings. The van der Waals surface area contributed by atoms with Gasteiger partial charge in [-0.2, -0.15) is 0 Å². The van der Waals surface area contributed by atoms with Crippen LogP contribution in [0.1, 0.15) is 20.8 Å². The topological polar surface area (TPSA) is 20.2 Å². The van der Waals surface area contributed by atoms with Crippen LogP contribution in [0, 0.1) is 12.8 Å². The first-order valence-electron chi connectivity index (χ1n) is 2.50. The molecule has 0 amide bonds. The Bertz CT molecular complexity index is 49.7. The number of rotatable bonds is 1. The lowest BCUT2D eigenvalue weighted by molar-refractivity contribution is 0.0430. The molecule has 0 aliphatic carbocycles. The van der Waals surface area contributed by atoms with Gasteiger partial charge in [0.1, 0.15) is 0 Å². The van der Waals surface area contributed by atoms with Crippen molar-refractivity contribution in [1.29, 1.82) is 0 Å². The van der Waals surface area contributed by atoms with E-state index in [1.807, 2.05) is 6.92 Å². The standard InChI is InChI=1S/C6H13O/c1-5(2)6(3,4)7/h5,7H,1H2,2-4H3. The van der Waals surface area contributed by atoms with Crippen molar-refractivity contribution < 1.29 is 5.11 Å². The average Bonchev–Trinajstić information content (AvgIpc) is 1.31.